The number of rotatable bonds is 6. The number of aliphatic carboxylic acids is 1. The van der Waals surface area contributed by atoms with Crippen molar-refractivity contribution in [3.8, 4) is 0 Å². The number of amides is 1. The van der Waals surface area contributed by atoms with Gasteiger partial charge < -0.3 is 10.4 Å². The second-order valence-corrected chi connectivity index (χ2v) is 5.57. The Hall–Kier alpha value is -2.05. The number of carboxylic acid groups (broad SMARTS) is 1. The Labute approximate surface area is 125 Å². The van der Waals surface area contributed by atoms with Gasteiger partial charge in [0, 0.05) is 13.0 Å². The highest BCUT2D eigenvalue weighted by molar-refractivity contribution is 5.81. The molecule has 0 aromatic heterocycles. The van der Waals surface area contributed by atoms with Gasteiger partial charge in [0.2, 0.25) is 5.91 Å². The fraction of sp³-hybridized carbons (Fsp3) is 0.467. The van der Waals surface area contributed by atoms with Crippen molar-refractivity contribution in [2.24, 2.45) is 5.41 Å². The largest absolute Gasteiger partial charge is 0.481 e. The average molecular weight is 315 g/mol. The number of benzene rings is 1. The van der Waals surface area contributed by atoms with Crippen molar-refractivity contribution in [1.82, 2.24) is 5.32 Å². The number of hydrogen-bond acceptors (Lipinski definition) is 2. The van der Waals surface area contributed by atoms with Crippen molar-refractivity contribution in [3.63, 3.8) is 0 Å². The number of alkyl halides is 3. The molecule has 120 valence electrons. The van der Waals surface area contributed by atoms with Gasteiger partial charge in [-0.2, -0.15) is 13.2 Å². The molecule has 0 saturated heterocycles. The highest BCUT2D eigenvalue weighted by atomic mass is 19.4. The Morgan fingerprint density at radius 1 is 1.23 bits per heavy atom. The van der Waals surface area contributed by atoms with E-state index in [0.29, 0.717) is 12.8 Å². The lowest BCUT2D eigenvalue weighted by Crippen LogP contribution is -2.36. The molecule has 0 bridgehead atoms. The lowest BCUT2D eigenvalue weighted by atomic mass is 9.94. The van der Waals surface area contributed by atoms with E-state index in [1.54, 1.807) is 6.07 Å². The number of carbonyl (C=O) groups excluding carboxylic acids is 1. The number of halogens is 3. The number of carboxylic acids is 1. The summed E-state index contributed by atoms with van der Waals surface area (Å²) < 4.78 is 39.3. The first-order valence-corrected chi connectivity index (χ1v) is 6.86. The Morgan fingerprint density at radius 3 is 2.27 bits per heavy atom. The molecule has 0 spiro atoms. The molecular weight excluding hydrogens is 299 g/mol. The summed E-state index contributed by atoms with van der Waals surface area (Å²) in [5.41, 5.74) is -0.972. The van der Waals surface area contributed by atoms with Gasteiger partial charge in [0.15, 0.2) is 0 Å². The van der Waals surface area contributed by atoms with Crippen LogP contribution in [0.15, 0.2) is 30.3 Å². The Morgan fingerprint density at radius 2 is 1.82 bits per heavy atom. The van der Waals surface area contributed by atoms with Crippen LogP contribution in [0.2, 0.25) is 0 Å². The van der Waals surface area contributed by atoms with Gasteiger partial charge in [0.1, 0.15) is 0 Å². The lowest BCUT2D eigenvalue weighted by molar-refractivity contribution is -0.157. The maximum absolute atomic E-state index is 13.1. The molecule has 0 heterocycles. The van der Waals surface area contributed by atoms with Crippen LogP contribution in [-0.2, 0) is 9.59 Å². The molecule has 1 fully saturated rings. The molecule has 1 atom stereocenters. The van der Waals surface area contributed by atoms with E-state index in [0.717, 1.165) is 0 Å². The monoisotopic (exact) mass is 315 g/mol. The van der Waals surface area contributed by atoms with Crippen LogP contribution >= 0.6 is 0 Å². The first-order valence-electron chi connectivity index (χ1n) is 6.86. The van der Waals surface area contributed by atoms with E-state index in [-0.39, 0.29) is 12.1 Å². The van der Waals surface area contributed by atoms with Crippen molar-refractivity contribution in [1.29, 1.82) is 0 Å². The zero-order valence-corrected chi connectivity index (χ0v) is 11.7. The molecule has 2 rings (SSSR count). The van der Waals surface area contributed by atoms with Crippen LogP contribution < -0.4 is 5.32 Å². The molecule has 1 aliphatic carbocycles. The molecular formula is C15H16F3NO3. The average Bonchev–Trinajstić information content (AvgIpc) is 3.23. The van der Waals surface area contributed by atoms with Gasteiger partial charge in [-0.1, -0.05) is 30.3 Å². The molecule has 1 aromatic carbocycles. The van der Waals surface area contributed by atoms with Crippen LogP contribution in [0.3, 0.4) is 0 Å². The van der Waals surface area contributed by atoms with E-state index < -0.39 is 35.8 Å². The van der Waals surface area contributed by atoms with Crippen molar-refractivity contribution < 1.29 is 27.9 Å². The summed E-state index contributed by atoms with van der Waals surface area (Å²) in [6, 6.07) is 7.21. The van der Waals surface area contributed by atoms with Gasteiger partial charge in [-0.25, -0.2) is 0 Å². The van der Waals surface area contributed by atoms with Crippen LogP contribution in [0.1, 0.15) is 30.7 Å². The lowest BCUT2D eigenvalue weighted by Gasteiger charge is -2.21. The highest BCUT2D eigenvalue weighted by Crippen LogP contribution is 2.45. The van der Waals surface area contributed by atoms with E-state index in [2.05, 4.69) is 5.32 Å². The Bertz CT molecular complexity index is 553. The van der Waals surface area contributed by atoms with Crippen LogP contribution in [-0.4, -0.2) is 29.7 Å². The second kappa shape index (κ2) is 5.98. The van der Waals surface area contributed by atoms with E-state index in [9.17, 15) is 22.8 Å². The molecule has 1 aliphatic rings. The molecule has 0 aliphatic heterocycles. The normalized spacial score (nSPS) is 17.6. The number of hydrogen-bond donors (Lipinski definition) is 2. The minimum atomic E-state index is -4.54. The Kier molecular flexibility index (Phi) is 4.44. The van der Waals surface area contributed by atoms with Crippen molar-refractivity contribution in [2.75, 3.05) is 6.54 Å². The molecule has 1 amide bonds. The molecule has 1 saturated carbocycles. The molecule has 1 aromatic rings. The van der Waals surface area contributed by atoms with E-state index >= 15 is 0 Å². The molecule has 1 unspecified atom stereocenters. The summed E-state index contributed by atoms with van der Waals surface area (Å²) in [4.78, 5) is 22.7. The first-order chi connectivity index (χ1) is 10.2. The van der Waals surface area contributed by atoms with Crippen molar-refractivity contribution in [2.45, 2.75) is 31.4 Å². The summed E-state index contributed by atoms with van der Waals surface area (Å²) in [5, 5.41) is 11.3. The highest BCUT2D eigenvalue weighted by Gasteiger charge is 2.50. The van der Waals surface area contributed by atoms with Gasteiger partial charge in [-0.15, -0.1) is 0 Å². The zero-order chi connectivity index (χ0) is 16.4. The van der Waals surface area contributed by atoms with E-state index in [1.807, 2.05) is 0 Å². The third-order valence-electron chi connectivity index (χ3n) is 3.92. The molecule has 0 radical (unpaired) electrons. The van der Waals surface area contributed by atoms with Crippen LogP contribution in [0.4, 0.5) is 13.2 Å². The van der Waals surface area contributed by atoms with Gasteiger partial charge >= 0.3 is 12.1 Å². The third kappa shape index (κ3) is 3.78. The summed E-state index contributed by atoms with van der Waals surface area (Å²) in [6.45, 7) is -0.124. The predicted octanol–water partition coefficient (Wildman–Crippen LogP) is 2.70. The summed E-state index contributed by atoms with van der Waals surface area (Å²) in [5.74, 6) is -3.71. The topological polar surface area (TPSA) is 66.4 Å². The standard InChI is InChI=1S/C15H16F3NO3/c16-15(17,18)11(10-4-2-1-3-5-10)8-12(20)19-9-14(6-7-14)13(21)22/h1-5,11H,6-9H2,(H,19,20)(H,21,22). The molecule has 22 heavy (non-hydrogen) atoms. The van der Waals surface area contributed by atoms with Crippen LogP contribution in [0.5, 0.6) is 0 Å². The second-order valence-electron chi connectivity index (χ2n) is 5.57. The quantitative estimate of drug-likeness (QED) is 0.848. The Balaban J connectivity index is 1.99. The van der Waals surface area contributed by atoms with E-state index in [1.165, 1.54) is 24.3 Å². The molecule has 4 nitrogen and oxygen atoms in total. The van der Waals surface area contributed by atoms with Crippen LogP contribution in [0, 0.1) is 5.41 Å². The smallest absolute Gasteiger partial charge is 0.396 e. The maximum Gasteiger partial charge on any atom is 0.396 e. The molecule has 7 heteroatoms. The maximum atomic E-state index is 13.1. The van der Waals surface area contributed by atoms with Gasteiger partial charge in [-0.05, 0) is 18.4 Å². The summed E-state index contributed by atoms with van der Waals surface area (Å²) in [7, 11) is 0. The first kappa shape index (κ1) is 16.3. The minimum Gasteiger partial charge on any atom is -0.481 e. The minimum absolute atomic E-state index is 0.0181. The van der Waals surface area contributed by atoms with Gasteiger partial charge in [0.25, 0.3) is 0 Å². The van der Waals surface area contributed by atoms with Crippen molar-refractivity contribution in [3.05, 3.63) is 35.9 Å². The van der Waals surface area contributed by atoms with Gasteiger partial charge in [0.05, 0.1) is 11.3 Å². The number of nitrogens with one attached hydrogen (secondary N) is 1. The zero-order valence-electron chi connectivity index (χ0n) is 11.7. The van der Waals surface area contributed by atoms with Crippen LogP contribution in [0.25, 0.3) is 0 Å². The molecule has 2 N–H and O–H groups in total. The fourth-order valence-electron chi connectivity index (χ4n) is 2.25. The third-order valence-corrected chi connectivity index (χ3v) is 3.92. The van der Waals surface area contributed by atoms with Gasteiger partial charge in [-0.3, -0.25) is 9.59 Å². The van der Waals surface area contributed by atoms with E-state index in [4.69, 9.17) is 5.11 Å². The number of carbonyl (C=O) groups is 2. The summed E-state index contributed by atoms with van der Waals surface area (Å²) in [6.07, 6.45) is -4.42. The van der Waals surface area contributed by atoms with Crippen molar-refractivity contribution >= 4 is 11.9 Å². The predicted molar refractivity (Wildman–Crippen MR) is 72.2 cm³/mol. The summed E-state index contributed by atoms with van der Waals surface area (Å²) >= 11 is 0. The SMILES string of the molecule is O=C(CC(c1ccccc1)C(F)(F)F)NCC1(C(=O)O)CC1. The fourth-order valence-corrected chi connectivity index (χ4v) is 2.25.